The van der Waals surface area contributed by atoms with Crippen LogP contribution < -0.4 is 5.73 Å². The minimum Gasteiger partial charge on any atom is -0.398 e. The lowest BCUT2D eigenvalue weighted by Crippen LogP contribution is -1.97. The van der Waals surface area contributed by atoms with Crippen molar-refractivity contribution in [2.24, 2.45) is 5.73 Å². The minimum atomic E-state index is 0.858. The summed E-state index contributed by atoms with van der Waals surface area (Å²) in [6, 6.07) is 0. The van der Waals surface area contributed by atoms with Crippen LogP contribution in [0.4, 0.5) is 0 Å². The number of rotatable bonds is 0. The van der Waals surface area contributed by atoms with Gasteiger partial charge in [0.05, 0.1) is 0 Å². The Balaban J connectivity index is 2.48. The molecule has 0 aliphatic heterocycles. The first-order valence-electron chi connectivity index (χ1n) is 3.61. The first-order valence-corrected chi connectivity index (χ1v) is 3.61. The number of hydrogen-bond acceptors (Lipinski definition) is 1. The van der Waals surface area contributed by atoms with Crippen LogP contribution in [0.15, 0.2) is 59.4 Å². The molecule has 0 atom stereocenters. The van der Waals surface area contributed by atoms with Crippen LogP contribution >= 0.6 is 0 Å². The summed E-state index contributed by atoms with van der Waals surface area (Å²) < 4.78 is 0. The molecule has 1 heteroatoms. The molecule has 0 aromatic carbocycles. The summed E-state index contributed by atoms with van der Waals surface area (Å²) in [7, 11) is 0. The summed E-state index contributed by atoms with van der Waals surface area (Å²) in [6.45, 7) is 0. The van der Waals surface area contributed by atoms with Crippen LogP contribution in [0.25, 0.3) is 0 Å². The van der Waals surface area contributed by atoms with E-state index >= 15 is 0 Å². The van der Waals surface area contributed by atoms with Crippen LogP contribution in [-0.2, 0) is 0 Å². The maximum Gasteiger partial charge on any atom is 0.0393 e. The highest BCUT2D eigenvalue weighted by Gasteiger charge is 2.06. The SMILES string of the molecule is NC1=CC=CC1=C1C=CC=C1. The highest BCUT2D eigenvalue weighted by molar-refractivity contribution is 5.57. The van der Waals surface area contributed by atoms with E-state index in [0.717, 1.165) is 11.3 Å². The van der Waals surface area contributed by atoms with Gasteiger partial charge in [0.2, 0.25) is 0 Å². The Morgan fingerprint density at radius 3 is 2.18 bits per heavy atom. The van der Waals surface area contributed by atoms with Gasteiger partial charge in [-0.2, -0.15) is 0 Å². The molecule has 0 aromatic heterocycles. The van der Waals surface area contributed by atoms with Crippen LogP contribution in [0.2, 0.25) is 0 Å². The first-order chi connectivity index (χ1) is 5.38. The van der Waals surface area contributed by atoms with Gasteiger partial charge in [0.15, 0.2) is 0 Å². The quantitative estimate of drug-likeness (QED) is 0.550. The number of allylic oxidation sites excluding steroid dienone is 8. The van der Waals surface area contributed by atoms with Crippen molar-refractivity contribution in [2.75, 3.05) is 0 Å². The van der Waals surface area contributed by atoms with Crippen LogP contribution in [-0.4, -0.2) is 0 Å². The van der Waals surface area contributed by atoms with Crippen molar-refractivity contribution in [3.05, 3.63) is 59.4 Å². The lowest BCUT2D eigenvalue weighted by molar-refractivity contribution is 1.36. The van der Waals surface area contributed by atoms with E-state index in [4.69, 9.17) is 5.73 Å². The zero-order valence-electron chi connectivity index (χ0n) is 6.12. The molecule has 0 unspecified atom stereocenters. The van der Waals surface area contributed by atoms with Crippen LogP contribution in [0.3, 0.4) is 0 Å². The fraction of sp³-hybridized carbons (Fsp3) is 0. The van der Waals surface area contributed by atoms with Crippen molar-refractivity contribution in [3.63, 3.8) is 0 Å². The molecule has 2 aliphatic rings. The molecule has 54 valence electrons. The smallest absolute Gasteiger partial charge is 0.0393 e. The number of nitrogens with two attached hydrogens (primary N) is 1. The Morgan fingerprint density at radius 2 is 1.64 bits per heavy atom. The van der Waals surface area contributed by atoms with Crippen molar-refractivity contribution in [1.29, 1.82) is 0 Å². The normalized spacial score (nSPS) is 20.2. The zero-order chi connectivity index (χ0) is 7.68. The molecule has 0 spiro atoms. The molecule has 0 saturated carbocycles. The van der Waals surface area contributed by atoms with Crippen molar-refractivity contribution in [2.45, 2.75) is 0 Å². The van der Waals surface area contributed by atoms with Gasteiger partial charge in [-0.25, -0.2) is 0 Å². The van der Waals surface area contributed by atoms with E-state index in [2.05, 4.69) is 12.2 Å². The van der Waals surface area contributed by atoms with Crippen molar-refractivity contribution in [3.8, 4) is 0 Å². The molecular weight excluding hydrogens is 134 g/mol. The van der Waals surface area contributed by atoms with Gasteiger partial charge < -0.3 is 5.73 Å². The second kappa shape index (κ2) is 2.27. The van der Waals surface area contributed by atoms with E-state index in [1.54, 1.807) is 0 Å². The minimum absolute atomic E-state index is 0.858. The average molecular weight is 143 g/mol. The Bertz CT molecular complexity index is 311. The van der Waals surface area contributed by atoms with Crippen LogP contribution in [0, 0.1) is 0 Å². The molecule has 11 heavy (non-hydrogen) atoms. The summed E-state index contributed by atoms with van der Waals surface area (Å²) in [4.78, 5) is 0. The lowest BCUT2D eigenvalue weighted by Gasteiger charge is -1.99. The van der Waals surface area contributed by atoms with Gasteiger partial charge in [-0.15, -0.1) is 0 Å². The lowest BCUT2D eigenvalue weighted by atomic mass is 10.1. The first kappa shape index (κ1) is 6.23. The second-order valence-corrected chi connectivity index (χ2v) is 2.57. The third kappa shape index (κ3) is 0.944. The molecule has 2 N–H and O–H groups in total. The summed E-state index contributed by atoms with van der Waals surface area (Å²) in [5.74, 6) is 0. The van der Waals surface area contributed by atoms with Crippen molar-refractivity contribution in [1.82, 2.24) is 0 Å². The Morgan fingerprint density at radius 1 is 0.909 bits per heavy atom. The van der Waals surface area contributed by atoms with Gasteiger partial charge in [-0.05, 0) is 11.6 Å². The van der Waals surface area contributed by atoms with E-state index in [1.165, 1.54) is 5.57 Å². The highest BCUT2D eigenvalue weighted by atomic mass is 14.6. The Hall–Kier alpha value is -1.50. The van der Waals surface area contributed by atoms with Gasteiger partial charge >= 0.3 is 0 Å². The molecule has 0 heterocycles. The van der Waals surface area contributed by atoms with E-state index in [9.17, 15) is 0 Å². The molecule has 0 saturated heterocycles. The van der Waals surface area contributed by atoms with E-state index in [1.807, 2.05) is 30.4 Å². The summed E-state index contributed by atoms with van der Waals surface area (Å²) in [5.41, 5.74) is 8.93. The largest absolute Gasteiger partial charge is 0.398 e. The van der Waals surface area contributed by atoms with Gasteiger partial charge in [0.1, 0.15) is 0 Å². The highest BCUT2D eigenvalue weighted by Crippen LogP contribution is 2.21. The standard InChI is InChI=1S/C10H9N/c11-10-7-3-6-9(10)8-4-1-2-5-8/h1-7H,11H2. The predicted molar refractivity (Wildman–Crippen MR) is 46.7 cm³/mol. The Kier molecular flexibility index (Phi) is 1.29. The fourth-order valence-corrected chi connectivity index (χ4v) is 1.25. The van der Waals surface area contributed by atoms with E-state index < -0.39 is 0 Å². The molecule has 0 fully saturated rings. The monoisotopic (exact) mass is 143 g/mol. The van der Waals surface area contributed by atoms with Gasteiger partial charge in [-0.1, -0.05) is 36.5 Å². The topological polar surface area (TPSA) is 26.0 Å². The average Bonchev–Trinajstić information content (AvgIpc) is 2.55. The molecule has 0 radical (unpaired) electrons. The van der Waals surface area contributed by atoms with Crippen LogP contribution in [0.5, 0.6) is 0 Å². The Labute approximate surface area is 65.9 Å². The van der Waals surface area contributed by atoms with Gasteiger partial charge in [-0.3, -0.25) is 0 Å². The predicted octanol–water partition coefficient (Wildman–Crippen LogP) is 1.82. The molecule has 2 rings (SSSR count). The second-order valence-electron chi connectivity index (χ2n) is 2.57. The van der Waals surface area contributed by atoms with E-state index in [0.29, 0.717) is 0 Å². The van der Waals surface area contributed by atoms with E-state index in [-0.39, 0.29) is 0 Å². The summed E-state index contributed by atoms with van der Waals surface area (Å²) in [5, 5.41) is 0. The zero-order valence-corrected chi connectivity index (χ0v) is 6.12. The maximum absolute atomic E-state index is 5.73. The molecule has 0 aromatic rings. The van der Waals surface area contributed by atoms with Crippen molar-refractivity contribution < 1.29 is 0 Å². The molecular formula is C10H9N. The third-order valence-electron chi connectivity index (χ3n) is 1.82. The fourth-order valence-electron chi connectivity index (χ4n) is 1.25. The molecule has 0 amide bonds. The summed E-state index contributed by atoms with van der Waals surface area (Å²) >= 11 is 0. The molecule has 2 aliphatic carbocycles. The van der Waals surface area contributed by atoms with Crippen molar-refractivity contribution >= 4 is 0 Å². The maximum atomic E-state index is 5.73. The van der Waals surface area contributed by atoms with Gasteiger partial charge in [0.25, 0.3) is 0 Å². The number of hydrogen-bond donors (Lipinski definition) is 1. The molecule has 0 bridgehead atoms. The van der Waals surface area contributed by atoms with Gasteiger partial charge in [0, 0.05) is 11.3 Å². The van der Waals surface area contributed by atoms with Crippen LogP contribution in [0.1, 0.15) is 0 Å². The third-order valence-corrected chi connectivity index (χ3v) is 1.82. The molecule has 1 nitrogen and oxygen atoms in total. The summed E-state index contributed by atoms with van der Waals surface area (Å²) in [6.07, 6.45) is 14.1.